The molecule has 0 aliphatic carbocycles. The third kappa shape index (κ3) is 65.1. The van der Waals surface area contributed by atoms with Gasteiger partial charge in [-0.25, -0.2) is 9.13 Å². The Morgan fingerprint density at radius 2 is 0.560 bits per heavy atom. The zero-order valence-electron chi connectivity index (χ0n) is 59.3. The lowest BCUT2D eigenvalue weighted by atomic mass is 9.99. The quantitative estimate of drug-likeness (QED) is 0.0222. The Labute approximate surface area is 556 Å². The van der Waals surface area contributed by atoms with Crippen LogP contribution < -0.4 is 0 Å². The minimum Gasteiger partial charge on any atom is -0.462 e. The number of rotatable bonds is 70. The third-order valence-corrected chi connectivity index (χ3v) is 18.9. The van der Waals surface area contributed by atoms with E-state index in [9.17, 15) is 43.2 Å². The number of aliphatic hydroxyl groups excluding tert-OH is 1. The van der Waals surface area contributed by atoms with Gasteiger partial charge in [0.1, 0.15) is 19.3 Å². The first-order chi connectivity index (χ1) is 43.8. The SMILES string of the molecule is CCCCCCCCCCCCCCCCCC(=O)O[C@H](COC(=O)CCCCCCCCCCCCC(C)CC)COP(=O)(O)OC[C@@H](O)COP(=O)(O)OC[C@@H](COC(=O)CCCCCCCCC(C)C)OC(=O)CCCCCCCCCCCCC(C)C. The van der Waals surface area contributed by atoms with Crippen LogP contribution in [0.5, 0.6) is 0 Å². The van der Waals surface area contributed by atoms with Crippen molar-refractivity contribution in [1.82, 2.24) is 0 Å². The molecule has 0 aromatic heterocycles. The summed E-state index contributed by atoms with van der Waals surface area (Å²) in [6.07, 6.45) is 47.2. The molecule has 6 atom stereocenters. The largest absolute Gasteiger partial charge is 0.472 e. The number of phosphoric acid groups is 2. The number of unbranched alkanes of at least 4 members (excludes halogenated alkanes) is 37. The van der Waals surface area contributed by atoms with Crippen molar-refractivity contribution in [2.24, 2.45) is 17.8 Å². The molecule has 540 valence electrons. The maximum Gasteiger partial charge on any atom is 0.472 e. The molecule has 3 unspecified atom stereocenters. The Hall–Kier alpha value is -1.94. The van der Waals surface area contributed by atoms with Gasteiger partial charge in [-0.1, -0.05) is 312 Å². The maximum atomic E-state index is 13.0. The molecule has 0 fully saturated rings. The molecule has 0 amide bonds. The van der Waals surface area contributed by atoms with Gasteiger partial charge in [-0.15, -0.1) is 0 Å². The van der Waals surface area contributed by atoms with Crippen LogP contribution in [0.4, 0.5) is 0 Å². The molecule has 91 heavy (non-hydrogen) atoms. The Morgan fingerprint density at radius 1 is 0.319 bits per heavy atom. The smallest absolute Gasteiger partial charge is 0.462 e. The van der Waals surface area contributed by atoms with Crippen molar-refractivity contribution >= 4 is 39.5 Å². The van der Waals surface area contributed by atoms with E-state index >= 15 is 0 Å². The summed E-state index contributed by atoms with van der Waals surface area (Å²) >= 11 is 0. The lowest BCUT2D eigenvalue weighted by Crippen LogP contribution is -2.30. The Bertz CT molecular complexity index is 1790. The van der Waals surface area contributed by atoms with Crippen molar-refractivity contribution in [1.29, 1.82) is 0 Å². The van der Waals surface area contributed by atoms with Gasteiger partial charge in [0.2, 0.25) is 0 Å². The first-order valence-corrected chi connectivity index (χ1v) is 40.4. The highest BCUT2D eigenvalue weighted by atomic mass is 31.2. The number of carbonyl (C=O) groups excluding carboxylic acids is 4. The average molecular weight is 1340 g/mol. The van der Waals surface area contributed by atoms with Crippen molar-refractivity contribution in [3.8, 4) is 0 Å². The van der Waals surface area contributed by atoms with Gasteiger partial charge < -0.3 is 33.8 Å². The Kier molecular flexibility index (Phi) is 61.5. The highest BCUT2D eigenvalue weighted by Gasteiger charge is 2.30. The molecule has 0 saturated carbocycles. The summed E-state index contributed by atoms with van der Waals surface area (Å²) in [5, 5.41) is 10.6. The van der Waals surface area contributed by atoms with Crippen molar-refractivity contribution in [2.45, 2.75) is 381 Å². The van der Waals surface area contributed by atoms with Gasteiger partial charge >= 0.3 is 39.5 Å². The van der Waals surface area contributed by atoms with Gasteiger partial charge in [0, 0.05) is 25.7 Å². The highest BCUT2D eigenvalue weighted by Crippen LogP contribution is 2.45. The predicted octanol–water partition coefficient (Wildman–Crippen LogP) is 20.6. The molecular weight excluding hydrogens is 1200 g/mol. The van der Waals surface area contributed by atoms with Gasteiger partial charge in [-0.3, -0.25) is 37.3 Å². The topological polar surface area (TPSA) is 237 Å². The molecule has 19 heteroatoms. The number of hydrogen-bond donors (Lipinski definition) is 3. The van der Waals surface area contributed by atoms with Crippen LogP contribution >= 0.6 is 15.6 Å². The van der Waals surface area contributed by atoms with E-state index in [1.165, 1.54) is 167 Å². The first-order valence-electron chi connectivity index (χ1n) is 37.4. The summed E-state index contributed by atoms with van der Waals surface area (Å²) in [5.41, 5.74) is 0. The van der Waals surface area contributed by atoms with Crippen molar-refractivity contribution in [2.75, 3.05) is 39.6 Å². The van der Waals surface area contributed by atoms with E-state index in [4.69, 9.17) is 37.0 Å². The third-order valence-electron chi connectivity index (χ3n) is 17.0. The molecule has 0 aliphatic rings. The zero-order valence-corrected chi connectivity index (χ0v) is 61.1. The summed E-state index contributed by atoms with van der Waals surface area (Å²) in [6.45, 7) is 11.8. The summed E-state index contributed by atoms with van der Waals surface area (Å²) in [7, 11) is -9.90. The van der Waals surface area contributed by atoms with Gasteiger partial charge in [0.25, 0.3) is 0 Å². The van der Waals surface area contributed by atoms with Crippen LogP contribution in [0, 0.1) is 17.8 Å². The minimum absolute atomic E-state index is 0.105. The second-order valence-electron chi connectivity index (χ2n) is 27.2. The predicted molar refractivity (Wildman–Crippen MR) is 368 cm³/mol. The van der Waals surface area contributed by atoms with E-state index in [2.05, 4.69) is 48.5 Å². The Morgan fingerprint density at radius 3 is 0.835 bits per heavy atom. The normalized spacial score (nSPS) is 14.5. The molecule has 3 N–H and O–H groups in total. The molecular formula is C72H140O17P2. The minimum atomic E-state index is -4.95. The van der Waals surface area contributed by atoms with E-state index in [-0.39, 0.29) is 25.7 Å². The standard InChI is InChI=1S/C72H140O17P2/c1-8-10-11-12-13-14-15-16-17-18-19-27-32-41-48-55-71(76)88-67(59-82-69(74)53-46-39-31-26-23-21-25-30-38-45-52-65(7)9-2)61-86-90(78,79)84-57-66(73)58-85-91(80,81)87-62-68(60-83-70(75)54-47-40-35-34-37-44-51-64(5)6)89-72(77)56-49-42-33-28-22-20-24-29-36-43-50-63(3)4/h63-68,73H,8-62H2,1-7H3,(H,78,79)(H,80,81)/t65?,66-,67-,68-/m1/s1. The summed E-state index contributed by atoms with van der Waals surface area (Å²) in [4.78, 5) is 72.6. The van der Waals surface area contributed by atoms with Gasteiger partial charge in [-0.05, 0) is 43.4 Å². The first kappa shape index (κ1) is 89.1. The van der Waals surface area contributed by atoms with Crippen LogP contribution in [0.1, 0.15) is 363 Å². The fourth-order valence-electron chi connectivity index (χ4n) is 10.9. The second kappa shape index (κ2) is 62.8. The average Bonchev–Trinajstić information content (AvgIpc) is 3.52. The van der Waals surface area contributed by atoms with Gasteiger partial charge in [0.15, 0.2) is 12.2 Å². The second-order valence-corrected chi connectivity index (χ2v) is 30.1. The summed E-state index contributed by atoms with van der Waals surface area (Å²) in [6, 6.07) is 0. The van der Waals surface area contributed by atoms with E-state index in [1.807, 2.05) is 0 Å². The van der Waals surface area contributed by atoms with E-state index in [1.54, 1.807) is 0 Å². The van der Waals surface area contributed by atoms with E-state index in [0.717, 1.165) is 108 Å². The number of aliphatic hydroxyl groups is 1. The molecule has 0 radical (unpaired) electrons. The van der Waals surface area contributed by atoms with E-state index in [0.29, 0.717) is 31.6 Å². The van der Waals surface area contributed by atoms with Crippen molar-refractivity contribution < 1.29 is 80.2 Å². The van der Waals surface area contributed by atoms with Crippen LogP contribution in [-0.2, 0) is 65.4 Å². The number of carbonyl (C=O) groups is 4. The van der Waals surface area contributed by atoms with Crippen LogP contribution in [-0.4, -0.2) is 96.7 Å². The molecule has 0 bridgehead atoms. The highest BCUT2D eigenvalue weighted by molar-refractivity contribution is 7.47. The molecule has 0 aromatic carbocycles. The lowest BCUT2D eigenvalue weighted by molar-refractivity contribution is -0.161. The number of esters is 4. The van der Waals surface area contributed by atoms with Crippen molar-refractivity contribution in [3.63, 3.8) is 0 Å². The van der Waals surface area contributed by atoms with Crippen LogP contribution in [0.2, 0.25) is 0 Å². The summed E-state index contributed by atoms with van der Waals surface area (Å²) in [5.74, 6) is 0.117. The van der Waals surface area contributed by atoms with Crippen LogP contribution in [0.3, 0.4) is 0 Å². The molecule has 0 heterocycles. The number of ether oxygens (including phenoxy) is 4. The summed E-state index contributed by atoms with van der Waals surface area (Å²) < 4.78 is 68.4. The number of hydrogen-bond acceptors (Lipinski definition) is 15. The fraction of sp³-hybridized carbons (Fsp3) is 0.944. The van der Waals surface area contributed by atoms with Crippen LogP contribution in [0.15, 0.2) is 0 Å². The van der Waals surface area contributed by atoms with Crippen molar-refractivity contribution in [3.05, 3.63) is 0 Å². The molecule has 0 saturated heterocycles. The molecule has 0 rings (SSSR count). The fourth-order valence-corrected chi connectivity index (χ4v) is 12.4. The molecule has 0 aromatic rings. The number of phosphoric ester groups is 2. The molecule has 0 aliphatic heterocycles. The lowest BCUT2D eigenvalue weighted by Gasteiger charge is -2.21. The van der Waals surface area contributed by atoms with Crippen LogP contribution in [0.25, 0.3) is 0 Å². The van der Waals surface area contributed by atoms with E-state index < -0.39 is 97.5 Å². The van der Waals surface area contributed by atoms with Gasteiger partial charge in [-0.2, -0.15) is 0 Å². The zero-order chi connectivity index (χ0) is 67.3. The molecule has 17 nitrogen and oxygen atoms in total. The monoisotopic (exact) mass is 1340 g/mol. The maximum absolute atomic E-state index is 13.0. The Balaban J connectivity index is 5.25. The molecule has 0 spiro atoms. The van der Waals surface area contributed by atoms with Gasteiger partial charge in [0.05, 0.1) is 26.4 Å².